The van der Waals surface area contributed by atoms with Gasteiger partial charge in [-0.05, 0) is 35.9 Å². The van der Waals surface area contributed by atoms with Crippen LogP contribution < -0.4 is 10.5 Å². The number of halogens is 1. The van der Waals surface area contributed by atoms with Crippen LogP contribution in [0.5, 0.6) is 5.75 Å². The van der Waals surface area contributed by atoms with Gasteiger partial charge in [-0.3, -0.25) is 0 Å². The van der Waals surface area contributed by atoms with Crippen LogP contribution in [0.4, 0.5) is 5.69 Å². The van der Waals surface area contributed by atoms with Gasteiger partial charge in [0, 0.05) is 5.69 Å². The van der Waals surface area contributed by atoms with Crippen molar-refractivity contribution in [3.63, 3.8) is 0 Å². The van der Waals surface area contributed by atoms with Crippen molar-refractivity contribution in [3.8, 4) is 5.75 Å². The standard InChI is InChI=1S/C15H14ClNO3/c1-19-12-4-2-3-10(7-12)9-20-15(18)13-6-5-11(17)8-14(13)16/h2-8H,9,17H2,1H3. The second kappa shape index (κ2) is 6.30. The van der Waals surface area contributed by atoms with Crippen LogP contribution in [0.2, 0.25) is 5.02 Å². The summed E-state index contributed by atoms with van der Waals surface area (Å²) in [7, 11) is 1.58. The zero-order chi connectivity index (χ0) is 14.5. The van der Waals surface area contributed by atoms with E-state index in [1.54, 1.807) is 25.3 Å². The third-order valence-electron chi connectivity index (χ3n) is 2.72. The van der Waals surface area contributed by atoms with E-state index in [0.717, 1.165) is 5.56 Å². The molecule has 0 unspecified atom stereocenters. The summed E-state index contributed by atoms with van der Waals surface area (Å²) in [6.45, 7) is 0.150. The molecule has 2 aromatic rings. The van der Waals surface area contributed by atoms with Crippen LogP contribution in [0, 0.1) is 0 Å². The number of carbonyl (C=O) groups excluding carboxylic acids is 1. The molecule has 0 amide bonds. The SMILES string of the molecule is COc1cccc(COC(=O)c2ccc(N)cc2Cl)c1. The Morgan fingerprint density at radius 1 is 1.25 bits per heavy atom. The average Bonchev–Trinajstić information content (AvgIpc) is 2.45. The second-order valence-corrected chi connectivity index (χ2v) is 4.57. The van der Waals surface area contributed by atoms with Gasteiger partial charge in [0.15, 0.2) is 0 Å². The van der Waals surface area contributed by atoms with Crippen molar-refractivity contribution < 1.29 is 14.3 Å². The molecule has 0 aliphatic carbocycles. The fourth-order valence-electron chi connectivity index (χ4n) is 1.69. The van der Waals surface area contributed by atoms with E-state index >= 15 is 0 Å². The van der Waals surface area contributed by atoms with E-state index < -0.39 is 5.97 Å². The first-order valence-electron chi connectivity index (χ1n) is 5.95. The summed E-state index contributed by atoms with van der Waals surface area (Å²) >= 11 is 5.95. The van der Waals surface area contributed by atoms with Gasteiger partial charge in [-0.15, -0.1) is 0 Å². The Hall–Kier alpha value is -2.20. The second-order valence-electron chi connectivity index (χ2n) is 4.17. The summed E-state index contributed by atoms with van der Waals surface area (Å²) in [5, 5.41) is 0.278. The van der Waals surface area contributed by atoms with Crippen LogP contribution in [0.25, 0.3) is 0 Å². The molecular formula is C15H14ClNO3. The minimum atomic E-state index is -0.488. The number of ether oxygens (including phenoxy) is 2. The van der Waals surface area contributed by atoms with Crippen LogP contribution in [0.1, 0.15) is 15.9 Å². The molecule has 2 rings (SSSR count). The third kappa shape index (κ3) is 3.42. The molecule has 0 fully saturated rings. The zero-order valence-corrected chi connectivity index (χ0v) is 11.7. The van der Waals surface area contributed by atoms with Gasteiger partial charge < -0.3 is 15.2 Å². The number of hydrogen-bond donors (Lipinski definition) is 1. The Labute approximate surface area is 122 Å². The smallest absolute Gasteiger partial charge is 0.339 e. The third-order valence-corrected chi connectivity index (χ3v) is 3.03. The van der Waals surface area contributed by atoms with Gasteiger partial charge >= 0.3 is 5.97 Å². The van der Waals surface area contributed by atoms with E-state index in [1.807, 2.05) is 18.2 Å². The lowest BCUT2D eigenvalue weighted by Crippen LogP contribution is -2.06. The largest absolute Gasteiger partial charge is 0.497 e. The maximum atomic E-state index is 11.9. The maximum Gasteiger partial charge on any atom is 0.339 e. The number of nitrogens with two attached hydrogens (primary N) is 1. The first kappa shape index (κ1) is 14.2. The number of methoxy groups -OCH3 is 1. The fourth-order valence-corrected chi connectivity index (χ4v) is 1.95. The van der Waals surface area contributed by atoms with Crippen LogP contribution in [0.3, 0.4) is 0 Å². The van der Waals surface area contributed by atoms with Crippen molar-refractivity contribution in [2.75, 3.05) is 12.8 Å². The molecule has 0 heterocycles. The lowest BCUT2D eigenvalue weighted by molar-refractivity contribution is 0.0472. The molecule has 0 atom stereocenters. The number of carbonyl (C=O) groups is 1. The summed E-state index contributed by atoms with van der Waals surface area (Å²) in [5.74, 6) is 0.224. The molecule has 104 valence electrons. The minimum absolute atomic E-state index is 0.150. The van der Waals surface area contributed by atoms with Crippen molar-refractivity contribution in [1.82, 2.24) is 0 Å². The molecule has 0 spiro atoms. The molecule has 0 aromatic heterocycles. The van der Waals surface area contributed by atoms with Crippen LogP contribution in [-0.4, -0.2) is 13.1 Å². The molecule has 0 saturated carbocycles. The molecule has 2 aromatic carbocycles. The van der Waals surface area contributed by atoms with Gasteiger partial charge in [0.1, 0.15) is 12.4 Å². The number of esters is 1. The number of anilines is 1. The molecule has 0 aliphatic rings. The predicted molar refractivity (Wildman–Crippen MR) is 78.0 cm³/mol. The van der Waals surface area contributed by atoms with Crippen molar-refractivity contribution in [1.29, 1.82) is 0 Å². The maximum absolute atomic E-state index is 11.9. The lowest BCUT2D eigenvalue weighted by atomic mass is 10.2. The summed E-state index contributed by atoms with van der Waals surface area (Å²) in [6.07, 6.45) is 0. The number of rotatable bonds is 4. The highest BCUT2D eigenvalue weighted by Gasteiger charge is 2.12. The minimum Gasteiger partial charge on any atom is -0.497 e. The summed E-state index contributed by atoms with van der Waals surface area (Å²) in [5.41, 5.74) is 7.21. The molecule has 0 aliphatic heterocycles. The Morgan fingerprint density at radius 2 is 2.05 bits per heavy atom. The van der Waals surface area contributed by atoms with E-state index in [0.29, 0.717) is 17.0 Å². The molecule has 4 nitrogen and oxygen atoms in total. The molecule has 20 heavy (non-hydrogen) atoms. The highest BCUT2D eigenvalue weighted by molar-refractivity contribution is 6.33. The van der Waals surface area contributed by atoms with Crippen molar-refractivity contribution in [2.45, 2.75) is 6.61 Å². The number of nitrogen functional groups attached to an aromatic ring is 1. The Morgan fingerprint density at radius 3 is 2.75 bits per heavy atom. The van der Waals surface area contributed by atoms with E-state index in [4.69, 9.17) is 26.8 Å². The average molecular weight is 292 g/mol. The molecule has 5 heteroatoms. The molecule has 0 radical (unpaired) electrons. The Bertz CT molecular complexity index is 628. The fraction of sp³-hybridized carbons (Fsp3) is 0.133. The van der Waals surface area contributed by atoms with Gasteiger partial charge in [0.05, 0.1) is 17.7 Å². The molecule has 0 saturated heterocycles. The lowest BCUT2D eigenvalue weighted by Gasteiger charge is -2.08. The molecule has 0 bridgehead atoms. The Balaban J connectivity index is 2.04. The summed E-state index contributed by atoms with van der Waals surface area (Å²) < 4.78 is 10.3. The predicted octanol–water partition coefficient (Wildman–Crippen LogP) is 3.29. The topological polar surface area (TPSA) is 61.5 Å². The van der Waals surface area contributed by atoms with E-state index in [1.165, 1.54) is 6.07 Å². The zero-order valence-electron chi connectivity index (χ0n) is 10.9. The van der Waals surface area contributed by atoms with Gasteiger partial charge in [-0.1, -0.05) is 23.7 Å². The van der Waals surface area contributed by atoms with Gasteiger partial charge in [-0.2, -0.15) is 0 Å². The normalized spacial score (nSPS) is 10.1. The summed E-state index contributed by atoms with van der Waals surface area (Å²) in [6, 6.07) is 12.0. The van der Waals surface area contributed by atoms with Gasteiger partial charge in [0.2, 0.25) is 0 Å². The van der Waals surface area contributed by atoms with Crippen LogP contribution in [0.15, 0.2) is 42.5 Å². The van der Waals surface area contributed by atoms with E-state index in [-0.39, 0.29) is 11.6 Å². The highest BCUT2D eigenvalue weighted by Crippen LogP contribution is 2.21. The number of hydrogen-bond acceptors (Lipinski definition) is 4. The van der Waals surface area contributed by atoms with Crippen LogP contribution >= 0.6 is 11.6 Å². The molecular weight excluding hydrogens is 278 g/mol. The van der Waals surface area contributed by atoms with Gasteiger partial charge in [-0.25, -0.2) is 4.79 Å². The first-order valence-corrected chi connectivity index (χ1v) is 6.33. The van der Waals surface area contributed by atoms with Gasteiger partial charge in [0.25, 0.3) is 0 Å². The van der Waals surface area contributed by atoms with Crippen molar-refractivity contribution in [2.24, 2.45) is 0 Å². The summed E-state index contributed by atoms with van der Waals surface area (Å²) in [4.78, 5) is 11.9. The quantitative estimate of drug-likeness (QED) is 0.693. The van der Waals surface area contributed by atoms with E-state index in [9.17, 15) is 4.79 Å². The number of benzene rings is 2. The molecule has 2 N–H and O–H groups in total. The first-order chi connectivity index (χ1) is 9.60. The van der Waals surface area contributed by atoms with E-state index in [2.05, 4.69) is 0 Å². The Kier molecular flexibility index (Phi) is 4.48. The monoisotopic (exact) mass is 291 g/mol. The van der Waals surface area contributed by atoms with Crippen molar-refractivity contribution >= 4 is 23.3 Å². The highest BCUT2D eigenvalue weighted by atomic mass is 35.5. The van der Waals surface area contributed by atoms with Crippen LogP contribution in [-0.2, 0) is 11.3 Å². The van der Waals surface area contributed by atoms with Crippen molar-refractivity contribution in [3.05, 3.63) is 58.6 Å².